The molecule has 30 heteroatoms. The molecule has 0 bridgehead atoms. The Morgan fingerprint density at radius 2 is 0.512 bits per heavy atom. The van der Waals surface area contributed by atoms with Crippen LogP contribution in [0.3, 0.4) is 0 Å². The highest BCUT2D eigenvalue weighted by molar-refractivity contribution is 7.20. The molecule has 2 heterocycles. The Kier molecular flexibility index (Phi) is 17.5. The molecule has 0 aliphatic heterocycles. The van der Waals surface area contributed by atoms with Crippen LogP contribution in [0.1, 0.15) is 55.6 Å². The van der Waals surface area contributed by atoms with Crippen LogP contribution in [0, 0.1) is 21.4 Å². The third-order valence-corrected chi connectivity index (χ3v) is 14.6. The summed E-state index contributed by atoms with van der Waals surface area (Å²) in [6.45, 7) is 4.01. The van der Waals surface area contributed by atoms with Crippen LogP contribution in [0.2, 0.25) is 0 Å². The molecule has 8 rings (SSSR count). The molecule has 8 aromatic rings. The standard InChI is InChI=1S/C32H12BF24.C22H18IO4/c34-25(35,36)13-1-14(26(37,38)39)6-21(5-13)33(22-7-15(27(40,41)42)2-16(8-22)28(43,44)45,23-9-17(29(46,47)48)3-18(10-23)30(49,50)51)24-11-19(31(52,53)54)4-20(12-24)32(55,56)57;1-15-7-3-5-9-17(15)24-21-13-11-19(26-21)23-20-12-14-22(27-20)25-18-10-6-4-8-16(18)2/h1-12H;3-14H,1-2H3/q-1;+1. The summed E-state index contributed by atoms with van der Waals surface area (Å²) in [4.78, 5) is 0. The Labute approximate surface area is 466 Å². The fraction of sp³-hybridized carbons (Fsp3) is 0.185. The predicted octanol–water partition coefficient (Wildman–Crippen LogP) is 14.4. The first-order valence-corrected chi connectivity index (χ1v) is 25.3. The Balaban J connectivity index is 0.000000309. The summed E-state index contributed by atoms with van der Waals surface area (Å²) in [6.07, 6.45) is -54.8. The fourth-order valence-corrected chi connectivity index (χ4v) is 10.4. The van der Waals surface area contributed by atoms with Crippen molar-refractivity contribution in [2.75, 3.05) is 0 Å². The number of halogens is 25. The van der Waals surface area contributed by atoms with Crippen molar-refractivity contribution in [2.45, 2.75) is 63.3 Å². The number of alkyl halides is 24. The molecule has 6 aromatic carbocycles. The van der Waals surface area contributed by atoms with E-state index in [4.69, 9.17) is 18.3 Å². The third kappa shape index (κ3) is 14.9. The molecule has 84 heavy (non-hydrogen) atoms. The van der Waals surface area contributed by atoms with Gasteiger partial charge in [-0.15, -0.1) is 0 Å². The molecule has 0 saturated carbocycles. The maximum atomic E-state index is 14.2. The summed E-state index contributed by atoms with van der Waals surface area (Å²) in [5, 5.41) is 0. The second kappa shape index (κ2) is 22.9. The lowest BCUT2D eigenvalue weighted by atomic mass is 9.12. The summed E-state index contributed by atoms with van der Waals surface area (Å²) >= 11 is -0.591. The van der Waals surface area contributed by atoms with Gasteiger partial charge in [0.25, 0.3) is 11.9 Å². The minimum absolute atomic E-state index is 0.488. The van der Waals surface area contributed by atoms with Crippen molar-refractivity contribution in [1.29, 1.82) is 0 Å². The average Bonchev–Trinajstić information content (AvgIpc) is 1.43. The van der Waals surface area contributed by atoms with E-state index in [0.717, 1.165) is 30.2 Å². The number of benzene rings is 6. The fourth-order valence-electron chi connectivity index (χ4n) is 8.53. The van der Waals surface area contributed by atoms with Gasteiger partial charge in [0.1, 0.15) is 17.6 Å². The summed E-state index contributed by atoms with van der Waals surface area (Å²) in [7, 11) is 0. The minimum Gasteiger partial charge on any atom is -0.426 e. The van der Waals surface area contributed by atoms with Crippen LogP contribution in [0.15, 0.2) is 154 Å². The lowest BCUT2D eigenvalue weighted by molar-refractivity contribution is -0.636. The van der Waals surface area contributed by atoms with Gasteiger partial charge in [0.2, 0.25) is 0 Å². The van der Waals surface area contributed by atoms with E-state index in [9.17, 15) is 105 Å². The first-order valence-electron chi connectivity index (χ1n) is 23.1. The maximum absolute atomic E-state index is 14.2. The van der Waals surface area contributed by atoms with Crippen molar-refractivity contribution < 1.29 is 145 Å². The summed E-state index contributed by atoms with van der Waals surface area (Å²) in [5.41, 5.74) is -28.1. The van der Waals surface area contributed by atoms with E-state index in [1.807, 2.05) is 86.6 Å². The van der Waals surface area contributed by atoms with Crippen LogP contribution >= 0.6 is 0 Å². The number of aryl methyl sites for hydroxylation is 2. The highest BCUT2D eigenvalue weighted by Crippen LogP contribution is 2.42. The van der Waals surface area contributed by atoms with Gasteiger partial charge in [0.05, 0.1) is 44.5 Å². The zero-order valence-electron chi connectivity index (χ0n) is 41.5. The smallest absolute Gasteiger partial charge is 0.426 e. The average molecular weight is 1340 g/mol. The summed E-state index contributed by atoms with van der Waals surface area (Å²) in [5.74, 6) is 2.57. The molecule has 0 N–H and O–H groups in total. The number of rotatable bonds is 10. The molecule has 448 valence electrons. The highest BCUT2D eigenvalue weighted by atomic mass is 127. The van der Waals surface area contributed by atoms with Gasteiger partial charge in [-0.2, -0.15) is 127 Å². The second-order valence-corrected chi connectivity index (χ2v) is 20.8. The van der Waals surface area contributed by atoms with Gasteiger partial charge in [0.15, 0.2) is 0 Å². The molecular weight excluding hydrogens is 1310 g/mol. The van der Waals surface area contributed by atoms with Crippen LogP contribution in [0.5, 0.6) is 23.4 Å². The quantitative estimate of drug-likeness (QED) is 0.0778. The van der Waals surface area contributed by atoms with Crippen molar-refractivity contribution in [2.24, 2.45) is 0 Å². The number of hydrogen-bond donors (Lipinski definition) is 0. The van der Waals surface area contributed by atoms with E-state index in [-0.39, 0.29) is 0 Å². The Morgan fingerprint density at radius 1 is 0.298 bits per heavy atom. The van der Waals surface area contributed by atoms with Crippen molar-refractivity contribution in [3.63, 3.8) is 0 Å². The van der Waals surface area contributed by atoms with Crippen molar-refractivity contribution >= 4 is 28.0 Å². The van der Waals surface area contributed by atoms with E-state index in [0.29, 0.717) is 11.9 Å². The molecule has 0 aliphatic carbocycles. The molecular formula is C54H30BF24IO4. The van der Waals surface area contributed by atoms with Gasteiger partial charge in [0, 0.05) is 24.3 Å². The molecule has 0 fully saturated rings. The Hall–Kier alpha value is -7.41. The zero-order chi connectivity index (χ0) is 62.6. The van der Waals surface area contributed by atoms with Crippen molar-refractivity contribution in [3.05, 3.63) is 209 Å². The lowest BCUT2D eigenvalue weighted by Gasteiger charge is -2.46. The molecule has 0 saturated heterocycles. The normalized spacial score (nSPS) is 13.2. The van der Waals surface area contributed by atoms with Crippen LogP contribution in [-0.4, -0.2) is 6.15 Å². The number of hydrogen-bond acceptors (Lipinski definition) is 4. The molecule has 0 radical (unpaired) electrons. The first-order chi connectivity index (χ1) is 38.4. The van der Waals surface area contributed by atoms with E-state index in [2.05, 4.69) is 0 Å². The van der Waals surface area contributed by atoms with Crippen LogP contribution in [-0.2, 0) is 49.4 Å². The topological polar surface area (TPSA) is 44.7 Å². The van der Waals surface area contributed by atoms with E-state index in [1.54, 1.807) is 0 Å². The Morgan fingerprint density at radius 3 is 0.714 bits per heavy atom. The minimum atomic E-state index is -6.13. The largest absolute Gasteiger partial charge is 0.443 e. The van der Waals surface area contributed by atoms with Gasteiger partial charge in [-0.05, 0) is 61.4 Å². The molecule has 0 spiro atoms. The first kappa shape index (κ1) is 64.2. The van der Waals surface area contributed by atoms with Crippen LogP contribution in [0.25, 0.3) is 0 Å². The predicted molar refractivity (Wildman–Crippen MR) is 247 cm³/mol. The highest BCUT2D eigenvalue weighted by Gasteiger charge is 2.47. The van der Waals surface area contributed by atoms with Gasteiger partial charge in [-0.3, -0.25) is 0 Å². The molecule has 4 nitrogen and oxygen atoms in total. The van der Waals surface area contributed by atoms with Crippen LogP contribution in [0.4, 0.5) is 105 Å². The van der Waals surface area contributed by atoms with Crippen molar-refractivity contribution in [1.82, 2.24) is 0 Å². The summed E-state index contributed by atoms with van der Waals surface area (Å²) < 4.78 is 366. The number of para-hydroxylation sites is 2. The summed E-state index contributed by atoms with van der Waals surface area (Å²) in [6, 6.07) is 14.5. The Bertz CT molecular complexity index is 3130. The number of ether oxygens (including phenoxy) is 2. The SMILES string of the molecule is Cc1ccccc1Oc1ccc([I+]c2ccc(Oc3ccccc3C)o2)o1.FC(F)(F)c1cc([B-](c2cc(C(F)(F)F)cc(C(F)(F)F)c2)(c2cc(C(F)(F)F)cc(C(F)(F)F)c2)c2cc(C(F)(F)F)cc(C(F)(F)F)c2)cc(C(F)(F)F)c1. The van der Waals surface area contributed by atoms with E-state index < -0.39 is 216 Å². The van der Waals surface area contributed by atoms with Gasteiger partial charge >= 0.3 is 78.1 Å². The van der Waals surface area contributed by atoms with Gasteiger partial charge < -0.3 is 18.3 Å². The lowest BCUT2D eigenvalue weighted by Crippen LogP contribution is -3.61. The molecule has 0 unspecified atom stereocenters. The molecule has 0 amide bonds. The second-order valence-electron chi connectivity index (χ2n) is 18.2. The number of furan rings is 2. The van der Waals surface area contributed by atoms with Crippen LogP contribution < -0.4 is 52.5 Å². The van der Waals surface area contributed by atoms with Gasteiger partial charge in [-0.25, -0.2) is 0 Å². The molecule has 0 aliphatic rings. The van der Waals surface area contributed by atoms with E-state index in [1.165, 1.54) is 0 Å². The van der Waals surface area contributed by atoms with Gasteiger partial charge in [-0.1, -0.05) is 84.9 Å². The third-order valence-electron chi connectivity index (χ3n) is 12.3. The maximum Gasteiger partial charge on any atom is 0.443 e. The monoisotopic (exact) mass is 1340 g/mol. The van der Waals surface area contributed by atoms with Crippen molar-refractivity contribution in [3.8, 4) is 23.4 Å². The van der Waals surface area contributed by atoms with E-state index >= 15 is 0 Å². The molecule has 0 atom stereocenters. The molecule has 2 aromatic heterocycles. The zero-order valence-corrected chi connectivity index (χ0v) is 43.7.